The first-order chi connectivity index (χ1) is 15.8. The smallest absolute Gasteiger partial charge is 0.331 e. The van der Waals surface area contributed by atoms with Gasteiger partial charge in [-0.2, -0.15) is 0 Å². The van der Waals surface area contributed by atoms with Gasteiger partial charge >= 0.3 is 5.97 Å². The number of carbonyl (C=O) groups is 2. The first-order valence-corrected chi connectivity index (χ1v) is 11.0. The van der Waals surface area contributed by atoms with E-state index in [0.29, 0.717) is 33.5 Å². The highest BCUT2D eigenvalue weighted by atomic mass is 35.5. The van der Waals surface area contributed by atoms with Crippen molar-refractivity contribution in [2.45, 2.75) is 20.4 Å². The van der Waals surface area contributed by atoms with Crippen LogP contribution >= 0.6 is 23.2 Å². The van der Waals surface area contributed by atoms with Crippen LogP contribution in [0.2, 0.25) is 10.0 Å². The number of ether oxygens (including phenoxy) is 3. The van der Waals surface area contributed by atoms with Gasteiger partial charge in [-0.1, -0.05) is 35.3 Å². The summed E-state index contributed by atoms with van der Waals surface area (Å²) in [6.45, 7) is 4.26. The average Bonchev–Trinajstić information content (AvgIpc) is 3.37. The summed E-state index contributed by atoms with van der Waals surface area (Å²) in [6.07, 6.45) is 2.79. The number of esters is 1. The lowest BCUT2D eigenvalue weighted by atomic mass is 10.1. The molecule has 33 heavy (non-hydrogen) atoms. The maximum Gasteiger partial charge on any atom is 0.331 e. The summed E-state index contributed by atoms with van der Waals surface area (Å²) >= 11 is 11.8. The number of nitrogens with zero attached hydrogens (tertiary/aromatic N) is 1. The van der Waals surface area contributed by atoms with Crippen LogP contribution in [0.5, 0.6) is 11.5 Å². The number of fused-ring (bicyclic) bond motifs is 1. The van der Waals surface area contributed by atoms with Crippen LogP contribution < -0.4 is 9.47 Å². The third kappa shape index (κ3) is 5.24. The average molecular weight is 486 g/mol. The summed E-state index contributed by atoms with van der Waals surface area (Å²) < 4.78 is 18.0. The van der Waals surface area contributed by atoms with Gasteiger partial charge in [0.15, 0.2) is 18.1 Å². The van der Waals surface area contributed by atoms with Crippen LogP contribution in [-0.2, 0) is 16.1 Å². The van der Waals surface area contributed by atoms with Gasteiger partial charge in [-0.3, -0.25) is 4.79 Å². The molecule has 0 saturated carbocycles. The third-order valence-electron chi connectivity index (χ3n) is 5.35. The van der Waals surface area contributed by atoms with Gasteiger partial charge in [-0.25, -0.2) is 4.79 Å². The zero-order chi connectivity index (χ0) is 23.5. The molecule has 1 aliphatic rings. The lowest BCUT2D eigenvalue weighted by Gasteiger charge is -2.10. The van der Waals surface area contributed by atoms with Crippen LogP contribution in [0.1, 0.15) is 32.9 Å². The van der Waals surface area contributed by atoms with Gasteiger partial charge in [0.1, 0.15) is 0 Å². The maximum absolute atomic E-state index is 12.7. The minimum absolute atomic E-state index is 0.223. The lowest BCUT2D eigenvalue weighted by molar-refractivity contribution is -0.136. The number of halogens is 2. The van der Waals surface area contributed by atoms with Crippen LogP contribution in [0, 0.1) is 13.8 Å². The molecule has 0 fully saturated rings. The molecule has 4 rings (SSSR count). The Morgan fingerprint density at radius 2 is 1.82 bits per heavy atom. The fourth-order valence-electron chi connectivity index (χ4n) is 3.59. The number of hydrogen-bond donors (Lipinski definition) is 0. The molecule has 2 aromatic carbocycles. The predicted molar refractivity (Wildman–Crippen MR) is 126 cm³/mol. The van der Waals surface area contributed by atoms with Crippen LogP contribution in [0.4, 0.5) is 0 Å². The van der Waals surface area contributed by atoms with E-state index in [4.69, 9.17) is 37.4 Å². The van der Waals surface area contributed by atoms with Crippen LogP contribution in [-0.4, -0.2) is 29.7 Å². The summed E-state index contributed by atoms with van der Waals surface area (Å²) in [4.78, 5) is 24.8. The highest BCUT2D eigenvalue weighted by Crippen LogP contribution is 2.33. The Hall–Kier alpha value is -3.22. The largest absolute Gasteiger partial charge is 0.454 e. The second-order valence-corrected chi connectivity index (χ2v) is 8.41. The summed E-state index contributed by atoms with van der Waals surface area (Å²) in [5.74, 6) is 0.553. The minimum Gasteiger partial charge on any atom is -0.454 e. The number of carbonyl (C=O) groups excluding carboxylic acids is 2. The van der Waals surface area contributed by atoms with E-state index in [2.05, 4.69) is 0 Å². The van der Waals surface area contributed by atoms with E-state index in [-0.39, 0.29) is 19.2 Å². The fourth-order valence-corrected chi connectivity index (χ4v) is 3.90. The molecule has 3 aromatic rings. The van der Waals surface area contributed by atoms with Gasteiger partial charge in [0.25, 0.3) is 0 Å². The molecule has 2 heterocycles. The molecule has 0 atom stereocenters. The topological polar surface area (TPSA) is 66.8 Å². The van der Waals surface area contributed by atoms with Crippen molar-refractivity contribution in [1.82, 2.24) is 4.57 Å². The van der Waals surface area contributed by atoms with E-state index in [0.717, 1.165) is 22.7 Å². The maximum atomic E-state index is 12.7. The summed E-state index contributed by atoms with van der Waals surface area (Å²) in [6, 6.07) is 12.6. The Morgan fingerprint density at radius 3 is 2.61 bits per heavy atom. The fraction of sp³-hybridized carbons (Fsp3) is 0.200. The zero-order valence-corrected chi connectivity index (χ0v) is 19.6. The Labute approximate surface area is 201 Å². The third-order valence-corrected chi connectivity index (χ3v) is 6.09. The second kappa shape index (κ2) is 9.73. The van der Waals surface area contributed by atoms with Gasteiger partial charge in [0, 0.05) is 29.6 Å². The molecule has 0 unspecified atom stereocenters. The molecule has 0 aliphatic carbocycles. The summed E-state index contributed by atoms with van der Waals surface area (Å²) in [5, 5.41) is 0.816. The van der Waals surface area contributed by atoms with E-state index in [1.54, 1.807) is 24.3 Å². The lowest BCUT2D eigenvalue weighted by Crippen LogP contribution is -2.13. The molecule has 6 nitrogen and oxygen atoms in total. The van der Waals surface area contributed by atoms with Crippen molar-refractivity contribution in [3.05, 3.63) is 86.7 Å². The second-order valence-electron chi connectivity index (χ2n) is 7.60. The Balaban J connectivity index is 1.38. The van der Waals surface area contributed by atoms with E-state index >= 15 is 0 Å². The van der Waals surface area contributed by atoms with Gasteiger partial charge in [0.2, 0.25) is 12.6 Å². The molecule has 1 aromatic heterocycles. The number of aryl methyl sites for hydroxylation is 1. The first-order valence-electron chi connectivity index (χ1n) is 10.2. The highest BCUT2D eigenvalue weighted by molar-refractivity contribution is 6.42. The van der Waals surface area contributed by atoms with Crippen LogP contribution in [0.15, 0.2) is 48.5 Å². The Bertz CT molecular complexity index is 1260. The minimum atomic E-state index is -0.622. The molecule has 0 amide bonds. The molecule has 0 bridgehead atoms. The monoisotopic (exact) mass is 485 g/mol. The van der Waals surface area contributed by atoms with Crippen molar-refractivity contribution >= 4 is 41.0 Å². The van der Waals surface area contributed by atoms with Crippen molar-refractivity contribution in [3.63, 3.8) is 0 Å². The first kappa shape index (κ1) is 23.0. The van der Waals surface area contributed by atoms with Gasteiger partial charge in [-0.05, 0) is 61.4 Å². The van der Waals surface area contributed by atoms with Gasteiger partial charge < -0.3 is 18.8 Å². The molecular formula is C25H21Cl2NO5. The SMILES string of the molecule is Cc1cc(C(=O)COC(=O)C=Cc2ccc(Cl)c(Cl)c2)c(C)n1Cc1ccc2c(c1)OCO2. The number of hydrogen-bond acceptors (Lipinski definition) is 5. The molecule has 8 heteroatoms. The molecule has 0 radical (unpaired) electrons. The van der Waals surface area contributed by atoms with Crippen LogP contribution in [0.25, 0.3) is 6.08 Å². The van der Waals surface area contributed by atoms with Crippen LogP contribution in [0.3, 0.4) is 0 Å². The van der Waals surface area contributed by atoms with E-state index < -0.39 is 5.97 Å². The van der Waals surface area contributed by atoms with Crippen molar-refractivity contribution < 1.29 is 23.8 Å². The van der Waals surface area contributed by atoms with Crippen molar-refractivity contribution in [1.29, 1.82) is 0 Å². The zero-order valence-electron chi connectivity index (χ0n) is 18.1. The Kier molecular flexibility index (Phi) is 6.77. The Morgan fingerprint density at radius 1 is 1.03 bits per heavy atom. The summed E-state index contributed by atoms with van der Waals surface area (Å²) in [5.41, 5.74) is 3.98. The predicted octanol–water partition coefficient (Wildman–Crippen LogP) is 5.63. The van der Waals surface area contributed by atoms with Gasteiger partial charge in [0.05, 0.1) is 10.0 Å². The van der Waals surface area contributed by atoms with Crippen molar-refractivity contribution in [2.24, 2.45) is 0 Å². The molecule has 0 N–H and O–H groups in total. The number of benzene rings is 2. The quantitative estimate of drug-likeness (QED) is 0.246. The summed E-state index contributed by atoms with van der Waals surface area (Å²) in [7, 11) is 0. The number of aromatic nitrogens is 1. The highest BCUT2D eigenvalue weighted by Gasteiger charge is 2.18. The van der Waals surface area contributed by atoms with E-state index in [9.17, 15) is 9.59 Å². The molecular weight excluding hydrogens is 465 g/mol. The number of ketones is 1. The van der Waals surface area contributed by atoms with E-state index in [1.165, 1.54) is 6.08 Å². The van der Waals surface area contributed by atoms with E-state index in [1.807, 2.05) is 42.7 Å². The standard InChI is InChI=1S/C25H21Cl2NO5/c1-15-9-19(16(2)28(15)12-18-4-7-23-24(11-18)33-14-32-23)22(29)13-31-25(30)8-5-17-3-6-20(26)21(27)10-17/h3-11H,12-14H2,1-2H3. The molecule has 0 spiro atoms. The van der Waals surface area contributed by atoms with Crippen molar-refractivity contribution in [2.75, 3.05) is 13.4 Å². The normalized spacial score (nSPS) is 12.4. The molecule has 170 valence electrons. The molecule has 1 aliphatic heterocycles. The molecule has 0 saturated heterocycles. The number of rotatable bonds is 7. The van der Waals surface area contributed by atoms with Gasteiger partial charge in [-0.15, -0.1) is 0 Å². The van der Waals surface area contributed by atoms with Crippen molar-refractivity contribution in [3.8, 4) is 11.5 Å². The number of Topliss-reactive ketones (excluding diaryl/α,β-unsaturated/α-hetero) is 1.